The Hall–Kier alpha value is -2.93. The van der Waals surface area contributed by atoms with Crippen molar-refractivity contribution in [2.75, 3.05) is 0 Å². The monoisotopic (exact) mass is 432 g/mol. The van der Waals surface area contributed by atoms with Gasteiger partial charge >= 0.3 is 0 Å². The number of benzene rings is 3. The van der Waals surface area contributed by atoms with Crippen LogP contribution in [-0.4, -0.2) is 0 Å². The molecule has 1 heterocycles. The first-order valence-corrected chi connectivity index (χ1v) is 12.6. The van der Waals surface area contributed by atoms with Crippen LogP contribution in [0.1, 0.15) is 54.0 Å². The van der Waals surface area contributed by atoms with Crippen LogP contribution in [0.25, 0.3) is 33.2 Å². The minimum atomic E-state index is 0.774. The number of rotatable bonds is 3. The Labute approximate surface area is 198 Å². The number of aryl methyl sites for hydroxylation is 2. The fraction of sp³-hybridized carbons (Fsp3) is 0.344. The minimum Gasteiger partial charge on any atom is -0.198 e. The zero-order valence-electron chi connectivity index (χ0n) is 20.4. The molecule has 4 aromatic rings. The molecule has 6 rings (SSSR count). The van der Waals surface area contributed by atoms with Gasteiger partial charge in [-0.05, 0) is 96.2 Å². The highest BCUT2D eigenvalue weighted by molar-refractivity contribution is 5.95. The summed E-state index contributed by atoms with van der Waals surface area (Å²) in [6.45, 7) is 6.77. The molecule has 2 saturated carbocycles. The third-order valence-electron chi connectivity index (χ3n) is 8.76. The van der Waals surface area contributed by atoms with Gasteiger partial charge in [-0.2, -0.15) is 4.57 Å². The molecule has 166 valence electrons. The Morgan fingerprint density at radius 1 is 0.788 bits per heavy atom. The van der Waals surface area contributed by atoms with Crippen molar-refractivity contribution in [3.8, 4) is 22.4 Å². The highest BCUT2D eigenvalue weighted by atomic mass is 14.9. The molecular formula is C32H34N+. The maximum absolute atomic E-state index is 2.51. The van der Waals surface area contributed by atoms with Gasteiger partial charge in [0.05, 0.1) is 10.9 Å². The lowest BCUT2D eigenvalue weighted by molar-refractivity contribution is -0.665. The average molecular weight is 433 g/mol. The van der Waals surface area contributed by atoms with Gasteiger partial charge in [0.1, 0.15) is 7.05 Å². The van der Waals surface area contributed by atoms with E-state index in [2.05, 4.69) is 99.1 Å². The van der Waals surface area contributed by atoms with Crippen LogP contribution in [0.15, 0.2) is 66.7 Å². The highest BCUT2D eigenvalue weighted by Crippen LogP contribution is 2.53. The molecule has 0 radical (unpaired) electrons. The van der Waals surface area contributed by atoms with Gasteiger partial charge in [-0.25, -0.2) is 0 Å². The Bertz CT molecular complexity index is 1360. The first-order chi connectivity index (χ1) is 16.0. The number of hydrogen-bond acceptors (Lipinski definition) is 0. The van der Waals surface area contributed by atoms with Crippen molar-refractivity contribution in [3.63, 3.8) is 0 Å². The Kier molecular flexibility index (Phi) is 4.91. The Morgan fingerprint density at radius 3 is 2.33 bits per heavy atom. The van der Waals surface area contributed by atoms with E-state index in [4.69, 9.17) is 0 Å². The van der Waals surface area contributed by atoms with Crippen LogP contribution in [0.3, 0.4) is 0 Å². The van der Waals surface area contributed by atoms with E-state index in [0.717, 1.165) is 17.8 Å². The van der Waals surface area contributed by atoms with Gasteiger partial charge in [0.2, 0.25) is 5.69 Å². The summed E-state index contributed by atoms with van der Waals surface area (Å²) < 4.78 is 2.39. The fourth-order valence-electron chi connectivity index (χ4n) is 6.71. The van der Waals surface area contributed by atoms with Crippen LogP contribution in [0.4, 0.5) is 0 Å². The normalized spacial score (nSPS) is 21.8. The number of fused-ring (bicyclic) bond motifs is 3. The van der Waals surface area contributed by atoms with Crippen molar-refractivity contribution < 1.29 is 4.57 Å². The molecule has 2 aliphatic rings. The van der Waals surface area contributed by atoms with Gasteiger partial charge in [-0.15, -0.1) is 0 Å². The van der Waals surface area contributed by atoms with Gasteiger partial charge < -0.3 is 0 Å². The zero-order chi connectivity index (χ0) is 22.7. The third kappa shape index (κ3) is 3.41. The average Bonchev–Trinajstić information content (AvgIpc) is 3.46. The molecule has 0 saturated heterocycles. The summed E-state index contributed by atoms with van der Waals surface area (Å²) >= 11 is 0. The molecule has 3 atom stereocenters. The van der Waals surface area contributed by atoms with E-state index in [0.29, 0.717) is 0 Å². The topological polar surface area (TPSA) is 3.88 Å². The van der Waals surface area contributed by atoms with Gasteiger partial charge in [0.15, 0.2) is 5.69 Å². The van der Waals surface area contributed by atoms with Crippen molar-refractivity contribution in [2.45, 2.75) is 52.4 Å². The number of aromatic nitrogens is 1. The van der Waals surface area contributed by atoms with Gasteiger partial charge in [-0.1, -0.05) is 55.0 Å². The summed E-state index contributed by atoms with van der Waals surface area (Å²) in [6.07, 6.45) is 5.76. The second-order valence-corrected chi connectivity index (χ2v) is 10.7. The van der Waals surface area contributed by atoms with E-state index < -0.39 is 0 Å². The second kappa shape index (κ2) is 7.83. The van der Waals surface area contributed by atoms with Crippen molar-refractivity contribution in [2.24, 2.45) is 18.9 Å². The van der Waals surface area contributed by atoms with Gasteiger partial charge in [0, 0.05) is 13.0 Å². The van der Waals surface area contributed by atoms with Crippen LogP contribution in [-0.2, 0) is 7.05 Å². The fourth-order valence-corrected chi connectivity index (χ4v) is 6.71. The first-order valence-electron chi connectivity index (χ1n) is 12.6. The molecule has 33 heavy (non-hydrogen) atoms. The smallest absolute Gasteiger partial charge is 0.198 e. The molecule has 1 nitrogen and oxygen atoms in total. The maximum Gasteiger partial charge on any atom is 0.220 e. The molecule has 3 aromatic carbocycles. The predicted octanol–water partition coefficient (Wildman–Crippen LogP) is 7.83. The summed E-state index contributed by atoms with van der Waals surface area (Å²) in [5.41, 5.74) is 10.8. The van der Waals surface area contributed by atoms with Crippen LogP contribution >= 0.6 is 0 Å². The second-order valence-electron chi connectivity index (χ2n) is 10.7. The van der Waals surface area contributed by atoms with Crippen LogP contribution in [0, 0.1) is 32.6 Å². The molecule has 0 spiro atoms. The lowest BCUT2D eigenvalue weighted by Gasteiger charge is -2.22. The SMILES string of the molecule is Cc1cc(-c2ccccc2)cc(-c2c3ccc(C4CC5CCC4C5)cc3cc(C)[n+]2C)c1C. The predicted molar refractivity (Wildman–Crippen MR) is 138 cm³/mol. The Morgan fingerprint density at radius 2 is 1.61 bits per heavy atom. The van der Waals surface area contributed by atoms with Crippen LogP contribution < -0.4 is 4.57 Å². The number of nitrogens with zero attached hydrogens (tertiary/aromatic N) is 1. The summed E-state index contributed by atoms with van der Waals surface area (Å²) in [5, 5.41) is 2.76. The first kappa shape index (κ1) is 20.7. The van der Waals surface area contributed by atoms with Crippen molar-refractivity contribution in [1.29, 1.82) is 0 Å². The van der Waals surface area contributed by atoms with Crippen molar-refractivity contribution in [3.05, 3.63) is 89.1 Å². The summed E-state index contributed by atoms with van der Waals surface area (Å²) in [6, 6.07) is 25.3. The van der Waals surface area contributed by atoms with E-state index in [1.807, 2.05) is 0 Å². The van der Waals surface area contributed by atoms with Crippen molar-refractivity contribution >= 4 is 10.8 Å². The third-order valence-corrected chi connectivity index (χ3v) is 8.76. The summed E-state index contributed by atoms with van der Waals surface area (Å²) in [5.74, 6) is 2.67. The molecule has 3 unspecified atom stereocenters. The lowest BCUT2D eigenvalue weighted by Crippen LogP contribution is -2.35. The van der Waals surface area contributed by atoms with E-state index in [-0.39, 0.29) is 0 Å². The van der Waals surface area contributed by atoms with Crippen LogP contribution in [0.5, 0.6) is 0 Å². The quantitative estimate of drug-likeness (QED) is 0.290. The molecule has 2 fully saturated rings. The summed E-state index contributed by atoms with van der Waals surface area (Å²) in [7, 11) is 2.22. The van der Waals surface area contributed by atoms with E-state index >= 15 is 0 Å². The molecule has 0 amide bonds. The zero-order valence-corrected chi connectivity index (χ0v) is 20.4. The largest absolute Gasteiger partial charge is 0.220 e. The lowest BCUT2D eigenvalue weighted by atomic mass is 9.82. The highest BCUT2D eigenvalue weighted by Gasteiger charge is 2.40. The molecule has 2 aliphatic carbocycles. The molecule has 2 bridgehead atoms. The molecule has 0 N–H and O–H groups in total. The molecule has 1 aromatic heterocycles. The molecule has 1 heteroatoms. The van der Waals surface area contributed by atoms with Crippen LogP contribution in [0.2, 0.25) is 0 Å². The van der Waals surface area contributed by atoms with Gasteiger partial charge in [0.25, 0.3) is 0 Å². The van der Waals surface area contributed by atoms with Gasteiger partial charge in [-0.3, -0.25) is 0 Å². The minimum absolute atomic E-state index is 0.774. The number of pyridine rings is 1. The standard InChI is InChI=1S/C32H34N/c1-20-14-27(24-8-6-5-7-9-24)19-30(22(20)3)32-29-13-12-26(18-28(29)15-21(2)33(32)4)31-17-23-10-11-25(31)16-23/h5-9,12-15,18-19,23,25,31H,10-11,16-17H2,1-4H3/q+1. The van der Waals surface area contributed by atoms with E-state index in [9.17, 15) is 0 Å². The van der Waals surface area contributed by atoms with E-state index in [1.165, 1.54) is 75.7 Å². The summed E-state index contributed by atoms with van der Waals surface area (Å²) in [4.78, 5) is 0. The number of hydrogen-bond donors (Lipinski definition) is 0. The maximum atomic E-state index is 2.51. The molecular weight excluding hydrogens is 398 g/mol. The van der Waals surface area contributed by atoms with Crippen molar-refractivity contribution in [1.82, 2.24) is 0 Å². The van der Waals surface area contributed by atoms with E-state index in [1.54, 1.807) is 5.56 Å². The molecule has 0 aliphatic heterocycles. The Balaban J connectivity index is 1.54.